The van der Waals surface area contributed by atoms with Crippen LogP contribution in [0.5, 0.6) is 0 Å². The fourth-order valence-corrected chi connectivity index (χ4v) is 5.86. The molecule has 1 saturated carbocycles. The van der Waals surface area contributed by atoms with Crippen molar-refractivity contribution >= 4 is 5.91 Å². The largest absolute Gasteiger partial charge is 0.416 e. The molecule has 5 rings (SSSR count). The molecule has 2 fully saturated rings. The Morgan fingerprint density at radius 2 is 1.67 bits per heavy atom. The van der Waals surface area contributed by atoms with Gasteiger partial charge in [0.05, 0.1) is 28.0 Å². The molecule has 2 bridgehead atoms. The monoisotopic (exact) mass is 541 g/mol. The molecule has 3 aromatic rings. The minimum Gasteiger partial charge on any atom is -0.384 e. The summed E-state index contributed by atoms with van der Waals surface area (Å²) in [7, 11) is 0. The number of fused-ring (bicyclic) bond motifs is 2. The summed E-state index contributed by atoms with van der Waals surface area (Å²) < 4.78 is 67.1. The molecule has 2 aromatic carbocycles. The number of likely N-dealkylation sites (tertiary alicyclic amines) is 1. The van der Waals surface area contributed by atoms with Gasteiger partial charge in [-0.25, -0.2) is 13.8 Å². The summed E-state index contributed by atoms with van der Waals surface area (Å²) in [5, 5.41) is 21.4. The van der Waals surface area contributed by atoms with Crippen molar-refractivity contribution in [2.75, 3.05) is 13.1 Å². The van der Waals surface area contributed by atoms with Gasteiger partial charge in [-0.1, -0.05) is 42.0 Å². The number of aromatic nitrogens is 1. The molecule has 1 saturated heterocycles. The van der Waals surface area contributed by atoms with Crippen molar-refractivity contribution in [3.63, 3.8) is 0 Å². The number of hydrogen-bond acceptors (Lipinski definition) is 4. The number of aliphatic hydroxyl groups is 1. The van der Waals surface area contributed by atoms with Crippen molar-refractivity contribution in [2.45, 2.75) is 38.0 Å². The second kappa shape index (κ2) is 9.72. The van der Waals surface area contributed by atoms with Crippen LogP contribution >= 0.6 is 0 Å². The zero-order chi connectivity index (χ0) is 28.1. The standard InChI is InChI=1S/C29H24F5N3O2/c1-16-2-6-19(7-3-16)28(39)21-10-11-22(28)15-37(14-21)27(38)23-12-18(13-35)24(36-25(23)26(30)31)17-4-8-20(9-5-17)29(32,33)34/h2-9,12,21-22,26,39H,10-11,14-15H2,1H3/t21-,22+,28+. The summed E-state index contributed by atoms with van der Waals surface area (Å²) in [6, 6.07) is 14.1. The predicted molar refractivity (Wildman–Crippen MR) is 132 cm³/mol. The minimum atomic E-state index is -4.59. The van der Waals surface area contributed by atoms with E-state index in [0.717, 1.165) is 41.5 Å². The lowest BCUT2D eigenvalue weighted by atomic mass is 9.75. The number of aryl methyl sites for hydroxylation is 1. The Hall–Kier alpha value is -3.84. The van der Waals surface area contributed by atoms with E-state index in [9.17, 15) is 37.1 Å². The quantitative estimate of drug-likeness (QED) is 0.396. The van der Waals surface area contributed by atoms with Gasteiger partial charge in [0.2, 0.25) is 0 Å². The summed E-state index contributed by atoms with van der Waals surface area (Å²) in [6.07, 6.45) is -6.44. The number of carbonyl (C=O) groups is 1. The molecule has 1 aliphatic carbocycles. The number of benzene rings is 2. The average Bonchev–Trinajstić information content (AvgIpc) is 3.07. The van der Waals surface area contributed by atoms with Crippen LogP contribution in [0.4, 0.5) is 22.0 Å². The number of amides is 1. The lowest BCUT2D eigenvalue weighted by molar-refractivity contribution is -0.137. The number of carbonyl (C=O) groups excluding carboxylic acids is 1. The number of piperidine rings is 1. The number of nitrogens with zero attached hydrogens (tertiary/aromatic N) is 3. The fourth-order valence-electron chi connectivity index (χ4n) is 5.86. The lowest BCUT2D eigenvalue weighted by Crippen LogP contribution is -2.53. The van der Waals surface area contributed by atoms with Crippen molar-refractivity contribution in [2.24, 2.45) is 11.8 Å². The van der Waals surface area contributed by atoms with Crippen LogP contribution in [0.2, 0.25) is 0 Å². The Morgan fingerprint density at radius 1 is 1.08 bits per heavy atom. The van der Waals surface area contributed by atoms with Crippen LogP contribution < -0.4 is 0 Å². The molecule has 0 spiro atoms. The number of halogens is 5. The molecule has 0 radical (unpaired) electrons. The van der Waals surface area contributed by atoms with Crippen molar-refractivity contribution in [1.82, 2.24) is 9.88 Å². The Balaban J connectivity index is 1.47. The molecule has 39 heavy (non-hydrogen) atoms. The molecule has 3 atom stereocenters. The maximum atomic E-state index is 14.1. The van der Waals surface area contributed by atoms with Gasteiger partial charge in [0.1, 0.15) is 11.8 Å². The maximum absolute atomic E-state index is 14.1. The maximum Gasteiger partial charge on any atom is 0.416 e. The van der Waals surface area contributed by atoms with Gasteiger partial charge in [-0.05, 0) is 43.5 Å². The highest BCUT2D eigenvalue weighted by Gasteiger charge is 2.54. The van der Waals surface area contributed by atoms with E-state index >= 15 is 0 Å². The van der Waals surface area contributed by atoms with E-state index in [4.69, 9.17) is 0 Å². The fraction of sp³-hybridized carbons (Fsp3) is 0.345. The van der Waals surface area contributed by atoms with Crippen molar-refractivity contribution in [3.05, 3.63) is 88.1 Å². The second-order valence-electron chi connectivity index (χ2n) is 10.2. The Labute approximate surface area is 221 Å². The van der Waals surface area contributed by atoms with E-state index in [1.165, 1.54) is 4.90 Å². The van der Waals surface area contributed by atoms with E-state index < -0.39 is 40.9 Å². The van der Waals surface area contributed by atoms with E-state index in [2.05, 4.69) is 4.98 Å². The third kappa shape index (κ3) is 4.65. The molecule has 0 unspecified atom stereocenters. The van der Waals surface area contributed by atoms with Crippen LogP contribution in [0.3, 0.4) is 0 Å². The van der Waals surface area contributed by atoms with Crippen molar-refractivity contribution in [1.29, 1.82) is 5.26 Å². The summed E-state index contributed by atoms with van der Waals surface area (Å²) in [5.74, 6) is -1.32. The number of rotatable bonds is 4. The molecule has 10 heteroatoms. The molecular weight excluding hydrogens is 517 g/mol. The second-order valence-corrected chi connectivity index (χ2v) is 10.2. The molecular formula is C29H24F5N3O2. The van der Waals surface area contributed by atoms with Gasteiger partial charge in [-0.15, -0.1) is 0 Å². The third-order valence-electron chi connectivity index (χ3n) is 7.89. The smallest absolute Gasteiger partial charge is 0.384 e. The highest BCUT2D eigenvalue weighted by atomic mass is 19.4. The van der Waals surface area contributed by atoms with Crippen LogP contribution in [-0.4, -0.2) is 34.0 Å². The molecule has 1 aromatic heterocycles. The molecule has 2 heterocycles. The Kier molecular flexibility index (Phi) is 6.67. The first-order chi connectivity index (χ1) is 18.4. The minimum absolute atomic E-state index is 0.0413. The SMILES string of the molecule is Cc1ccc([C@]2(O)[C@@H]3CC[C@H]2CN(C(=O)c2cc(C#N)c(-c4ccc(C(F)(F)F)cc4)nc2C(F)F)C3)cc1. The number of nitriles is 1. The van der Waals surface area contributed by atoms with Gasteiger partial charge in [0.15, 0.2) is 0 Å². The van der Waals surface area contributed by atoms with E-state index in [1.54, 1.807) is 0 Å². The highest BCUT2D eigenvalue weighted by Crippen LogP contribution is 2.51. The van der Waals surface area contributed by atoms with Crippen LogP contribution in [0, 0.1) is 30.1 Å². The lowest BCUT2D eigenvalue weighted by Gasteiger charge is -2.45. The molecule has 2 aliphatic rings. The van der Waals surface area contributed by atoms with Crippen molar-refractivity contribution < 1.29 is 31.9 Å². The molecule has 5 nitrogen and oxygen atoms in total. The number of pyridine rings is 1. The van der Waals surface area contributed by atoms with Crippen LogP contribution in [0.25, 0.3) is 11.3 Å². The van der Waals surface area contributed by atoms with Gasteiger partial charge in [-0.2, -0.15) is 18.4 Å². The number of alkyl halides is 5. The van der Waals surface area contributed by atoms with E-state index in [1.807, 2.05) is 37.3 Å². The normalized spacial score (nSPS) is 22.7. The highest BCUT2D eigenvalue weighted by molar-refractivity contribution is 5.96. The van der Waals surface area contributed by atoms with Gasteiger partial charge in [0.25, 0.3) is 12.3 Å². The van der Waals surface area contributed by atoms with E-state index in [-0.39, 0.29) is 41.7 Å². The average molecular weight is 542 g/mol. The first-order valence-electron chi connectivity index (χ1n) is 12.4. The predicted octanol–water partition coefficient (Wildman–Crippen LogP) is 6.25. The summed E-state index contributed by atoms with van der Waals surface area (Å²) in [5.41, 5.74) is -1.95. The molecule has 1 N–H and O–H groups in total. The Bertz CT molecular complexity index is 1430. The van der Waals surface area contributed by atoms with Crippen LogP contribution in [0.1, 0.15) is 57.6 Å². The number of hydrogen-bond donors (Lipinski definition) is 1. The zero-order valence-corrected chi connectivity index (χ0v) is 20.8. The first-order valence-corrected chi connectivity index (χ1v) is 12.4. The topological polar surface area (TPSA) is 77.2 Å². The summed E-state index contributed by atoms with van der Waals surface area (Å²) in [6.45, 7) is 2.23. The van der Waals surface area contributed by atoms with E-state index in [0.29, 0.717) is 12.8 Å². The van der Waals surface area contributed by atoms with Gasteiger partial charge in [0, 0.05) is 30.5 Å². The van der Waals surface area contributed by atoms with Crippen LogP contribution in [0.15, 0.2) is 54.6 Å². The van der Waals surface area contributed by atoms with Crippen molar-refractivity contribution in [3.8, 4) is 17.3 Å². The molecule has 1 amide bonds. The van der Waals surface area contributed by atoms with Gasteiger partial charge < -0.3 is 10.0 Å². The Morgan fingerprint density at radius 3 is 2.18 bits per heavy atom. The van der Waals surface area contributed by atoms with Gasteiger partial charge >= 0.3 is 6.18 Å². The van der Waals surface area contributed by atoms with Gasteiger partial charge in [-0.3, -0.25) is 4.79 Å². The van der Waals surface area contributed by atoms with Crippen LogP contribution in [-0.2, 0) is 11.8 Å². The summed E-state index contributed by atoms with van der Waals surface area (Å²) >= 11 is 0. The third-order valence-corrected chi connectivity index (χ3v) is 7.89. The zero-order valence-electron chi connectivity index (χ0n) is 20.8. The molecule has 1 aliphatic heterocycles. The molecule has 202 valence electrons. The first kappa shape index (κ1) is 26.8. The summed E-state index contributed by atoms with van der Waals surface area (Å²) in [4.78, 5) is 18.9.